The molecule has 128 valence electrons. The Morgan fingerprint density at radius 3 is 2.83 bits per heavy atom. The molecule has 0 unspecified atom stereocenters. The van der Waals surface area contributed by atoms with Gasteiger partial charge in [-0.25, -0.2) is 4.79 Å². The quantitative estimate of drug-likeness (QED) is 0.827. The maximum Gasteiger partial charge on any atom is 0.436 e. The molecule has 0 radical (unpaired) electrons. The highest BCUT2D eigenvalue weighted by molar-refractivity contribution is 5.90. The molecule has 1 amide bonds. The van der Waals surface area contributed by atoms with Crippen LogP contribution in [0.4, 0.5) is 13.2 Å². The Morgan fingerprint density at radius 1 is 1.43 bits per heavy atom. The van der Waals surface area contributed by atoms with E-state index in [4.69, 9.17) is 0 Å². The van der Waals surface area contributed by atoms with E-state index in [0.717, 1.165) is 10.9 Å². The first kappa shape index (κ1) is 17.3. The summed E-state index contributed by atoms with van der Waals surface area (Å²) in [6.45, 7) is 2.84. The molecule has 2 heterocycles. The van der Waals surface area contributed by atoms with Gasteiger partial charge in [0.25, 0.3) is 0 Å². The van der Waals surface area contributed by atoms with Gasteiger partial charge in [0.15, 0.2) is 5.69 Å². The van der Waals surface area contributed by atoms with Crippen molar-refractivity contribution in [3.63, 3.8) is 0 Å². The summed E-state index contributed by atoms with van der Waals surface area (Å²) in [4.78, 5) is 24.7. The highest BCUT2D eigenvalue weighted by Gasteiger charge is 2.39. The SMILES string of the molecule is CCOC(=O)c1cn(CN2CCNC(=O)CC2)nc1C(F)(F)F. The predicted molar refractivity (Wildman–Crippen MR) is 72.4 cm³/mol. The first-order valence-corrected chi connectivity index (χ1v) is 7.12. The third-order valence-electron chi connectivity index (χ3n) is 3.28. The Morgan fingerprint density at radius 2 is 2.17 bits per heavy atom. The maximum absolute atomic E-state index is 13.0. The minimum Gasteiger partial charge on any atom is -0.462 e. The third-order valence-corrected chi connectivity index (χ3v) is 3.28. The number of aromatic nitrogens is 2. The molecule has 0 atom stereocenters. The van der Waals surface area contributed by atoms with Gasteiger partial charge in [-0.3, -0.25) is 14.4 Å². The summed E-state index contributed by atoms with van der Waals surface area (Å²) in [5.41, 5.74) is -1.87. The standard InChI is InChI=1S/C13H17F3N4O3/c1-2-23-12(22)9-7-20(18-11(9)13(14,15)16)8-19-5-3-10(21)17-4-6-19/h7H,2-6,8H2,1H3,(H,17,21). The Labute approximate surface area is 130 Å². The normalized spacial score (nSPS) is 16.8. The van der Waals surface area contributed by atoms with Crippen molar-refractivity contribution < 1.29 is 27.5 Å². The minimum atomic E-state index is -4.75. The van der Waals surface area contributed by atoms with Crippen molar-refractivity contribution in [3.8, 4) is 0 Å². The van der Waals surface area contributed by atoms with E-state index in [0.29, 0.717) is 19.6 Å². The van der Waals surface area contributed by atoms with E-state index in [-0.39, 0.29) is 25.6 Å². The first-order chi connectivity index (χ1) is 10.8. The molecule has 0 bridgehead atoms. The summed E-state index contributed by atoms with van der Waals surface area (Å²) in [6, 6.07) is 0. The van der Waals surface area contributed by atoms with Crippen molar-refractivity contribution in [2.24, 2.45) is 0 Å². The topological polar surface area (TPSA) is 76.5 Å². The highest BCUT2D eigenvalue weighted by Crippen LogP contribution is 2.31. The van der Waals surface area contributed by atoms with Crippen LogP contribution in [0.1, 0.15) is 29.4 Å². The van der Waals surface area contributed by atoms with E-state index in [2.05, 4.69) is 15.2 Å². The molecule has 0 spiro atoms. The molecule has 0 aromatic carbocycles. The predicted octanol–water partition coefficient (Wildman–Crippen LogP) is 0.858. The number of rotatable bonds is 4. The van der Waals surface area contributed by atoms with Gasteiger partial charge in [0.2, 0.25) is 5.91 Å². The minimum absolute atomic E-state index is 0.0266. The average molecular weight is 334 g/mol. The fraction of sp³-hybridized carbons (Fsp3) is 0.615. The van der Waals surface area contributed by atoms with Crippen LogP contribution in [-0.4, -0.2) is 52.8 Å². The summed E-state index contributed by atoms with van der Waals surface area (Å²) >= 11 is 0. The van der Waals surface area contributed by atoms with Crippen LogP contribution in [0.5, 0.6) is 0 Å². The summed E-state index contributed by atoms with van der Waals surface area (Å²) in [6.07, 6.45) is -3.46. The van der Waals surface area contributed by atoms with E-state index in [1.165, 1.54) is 6.92 Å². The second-order valence-corrected chi connectivity index (χ2v) is 5.01. The number of nitrogens with zero attached hydrogens (tertiary/aromatic N) is 3. The monoisotopic (exact) mass is 334 g/mol. The smallest absolute Gasteiger partial charge is 0.436 e. The number of esters is 1. The van der Waals surface area contributed by atoms with Crippen molar-refractivity contribution in [1.29, 1.82) is 0 Å². The lowest BCUT2D eigenvalue weighted by Crippen LogP contribution is -2.30. The molecule has 1 aliphatic heterocycles. The molecule has 23 heavy (non-hydrogen) atoms. The zero-order valence-corrected chi connectivity index (χ0v) is 12.5. The van der Waals surface area contributed by atoms with Crippen LogP contribution < -0.4 is 5.32 Å². The number of ether oxygens (including phenoxy) is 1. The number of amides is 1. The summed E-state index contributed by atoms with van der Waals surface area (Å²) in [5.74, 6) is -1.16. The van der Waals surface area contributed by atoms with Crippen molar-refractivity contribution in [2.75, 3.05) is 26.2 Å². The van der Waals surface area contributed by atoms with Crippen LogP contribution >= 0.6 is 0 Å². The number of hydrogen-bond donors (Lipinski definition) is 1. The zero-order valence-electron chi connectivity index (χ0n) is 12.5. The second kappa shape index (κ2) is 6.99. The van der Waals surface area contributed by atoms with Crippen LogP contribution in [0.2, 0.25) is 0 Å². The maximum atomic E-state index is 13.0. The number of carbonyl (C=O) groups excluding carboxylic acids is 2. The van der Waals surface area contributed by atoms with E-state index < -0.39 is 23.4 Å². The zero-order chi connectivity index (χ0) is 17.0. The molecule has 1 aromatic rings. The fourth-order valence-corrected chi connectivity index (χ4v) is 2.22. The highest BCUT2D eigenvalue weighted by atomic mass is 19.4. The van der Waals surface area contributed by atoms with Gasteiger partial charge in [-0.2, -0.15) is 18.3 Å². The van der Waals surface area contributed by atoms with Gasteiger partial charge < -0.3 is 10.1 Å². The van der Waals surface area contributed by atoms with Gasteiger partial charge in [0.05, 0.1) is 13.3 Å². The second-order valence-electron chi connectivity index (χ2n) is 5.01. The largest absolute Gasteiger partial charge is 0.462 e. The van der Waals surface area contributed by atoms with Crippen molar-refractivity contribution in [1.82, 2.24) is 20.0 Å². The molecule has 7 nitrogen and oxygen atoms in total. The first-order valence-electron chi connectivity index (χ1n) is 7.12. The van der Waals surface area contributed by atoms with Crippen molar-refractivity contribution >= 4 is 11.9 Å². The van der Waals surface area contributed by atoms with Crippen molar-refractivity contribution in [2.45, 2.75) is 26.2 Å². The average Bonchev–Trinajstić information content (AvgIpc) is 2.78. The molecule has 0 saturated carbocycles. The summed E-state index contributed by atoms with van der Waals surface area (Å²) in [7, 11) is 0. The number of carbonyl (C=O) groups is 2. The van der Waals surface area contributed by atoms with Crippen molar-refractivity contribution in [3.05, 3.63) is 17.5 Å². The number of halogens is 3. The van der Waals surface area contributed by atoms with Crippen LogP contribution in [0.3, 0.4) is 0 Å². The Hall–Kier alpha value is -2.10. The number of nitrogens with one attached hydrogen (secondary N) is 1. The molecular formula is C13H17F3N4O3. The Balaban J connectivity index is 2.19. The summed E-state index contributed by atoms with van der Waals surface area (Å²) < 4.78 is 44.7. The van der Waals surface area contributed by atoms with Crippen LogP contribution in [0, 0.1) is 0 Å². The van der Waals surface area contributed by atoms with E-state index in [1.54, 1.807) is 4.90 Å². The Bertz CT molecular complexity index is 586. The summed E-state index contributed by atoms with van der Waals surface area (Å²) in [5, 5.41) is 6.14. The van der Waals surface area contributed by atoms with E-state index in [1.807, 2.05) is 0 Å². The fourth-order valence-electron chi connectivity index (χ4n) is 2.22. The lowest BCUT2D eigenvalue weighted by atomic mass is 10.2. The molecule has 1 aromatic heterocycles. The number of alkyl halides is 3. The van der Waals surface area contributed by atoms with Crippen LogP contribution in [-0.2, 0) is 22.4 Å². The molecule has 2 rings (SSSR count). The molecule has 1 saturated heterocycles. The van der Waals surface area contributed by atoms with Crippen LogP contribution in [0.25, 0.3) is 0 Å². The van der Waals surface area contributed by atoms with Gasteiger partial charge in [-0.1, -0.05) is 0 Å². The van der Waals surface area contributed by atoms with Gasteiger partial charge in [0, 0.05) is 32.3 Å². The lowest BCUT2D eigenvalue weighted by molar-refractivity contribution is -0.142. The van der Waals surface area contributed by atoms with E-state index in [9.17, 15) is 22.8 Å². The van der Waals surface area contributed by atoms with Crippen LogP contribution in [0.15, 0.2) is 6.20 Å². The van der Waals surface area contributed by atoms with Gasteiger partial charge in [-0.05, 0) is 6.92 Å². The van der Waals surface area contributed by atoms with E-state index >= 15 is 0 Å². The Kier molecular flexibility index (Phi) is 5.24. The van der Waals surface area contributed by atoms with Gasteiger partial charge in [-0.15, -0.1) is 0 Å². The third kappa shape index (κ3) is 4.44. The van der Waals surface area contributed by atoms with Gasteiger partial charge >= 0.3 is 12.1 Å². The lowest BCUT2D eigenvalue weighted by Gasteiger charge is -2.18. The molecule has 1 fully saturated rings. The molecule has 1 aliphatic rings. The molecular weight excluding hydrogens is 317 g/mol. The molecule has 0 aliphatic carbocycles. The molecule has 1 N–H and O–H groups in total. The number of hydrogen-bond acceptors (Lipinski definition) is 5. The van der Waals surface area contributed by atoms with Gasteiger partial charge in [0.1, 0.15) is 5.56 Å². The molecule has 10 heteroatoms.